The molecule has 1 aliphatic heterocycles. The number of para-hydroxylation sites is 1. The summed E-state index contributed by atoms with van der Waals surface area (Å²) in [5.41, 5.74) is -0.115. The molecule has 2 amide bonds. The summed E-state index contributed by atoms with van der Waals surface area (Å²) in [6.07, 6.45) is 0.853. The van der Waals surface area contributed by atoms with Gasteiger partial charge in [-0.3, -0.25) is 0 Å². The van der Waals surface area contributed by atoms with Gasteiger partial charge in [0, 0.05) is 6.54 Å². The first-order valence-electron chi connectivity index (χ1n) is 9.50. The third kappa shape index (κ3) is 4.56. The third-order valence-electron chi connectivity index (χ3n) is 4.76. The molecule has 29 heavy (non-hydrogen) atoms. The van der Waals surface area contributed by atoms with Crippen LogP contribution >= 0.6 is 11.6 Å². The van der Waals surface area contributed by atoms with Crippen LogP contribution in [0.1, 0.15) is 25.8 Å². The Morgan fingerprint density at radius 3 is 2.59 bits per heavy atom. The summed E-state index contributed by atoms with van der Waals surface area (Å²) in [4.78, 5) is 24.1. The molecule has 0 bridgehead atoms. The predicted octanol–water partition coefficient (Wildman–Crippen LogP) is 3.91. The van der Waals surface area contributed by atoms with Crippen LogP contribution in [0.15, 0.2) is 18.2 Å². The van der Waals surface area contributed by atoms with E-state index in [1.807, 2.05) is 0 Å². The van der Waals surface area contributed by atoms with Gasteiger partial charge >= 0.3 is 6.03 Å². The van der Waals surface area contributed by atoms with Gasteiger partial charge in [-0.05, 0) is 38.2 Å². The first kappa shape index (κ1) is 21.2. The lowest BCUT2D eigenvalue weighted by atomic mass is 10.2. The second-order valence-corrected chi connectivity index (χ2v) is 6.87. The lowest BCUT2D eigenvalue weighted by molar-refractivity contribution is 0.246. The van der Waals surface area contributed by atoms with Gasteiger partial charge in [0.2, 0.25) is 5.95 Å². The molecule has 0 aliphatic carbocycles. The van der Waals surface area contributed by atoms with Gasteiger partial charge in [0.1, 0.15) is 22.5 Å². The maximum Gasteiger partial charge on any atom is 0.328 e. The van der Waals surface area contributed by atoms with E-state index < -0.39 is 23.4 Å². The van der Waals surface area contributed by atoms with Crippen LogP contribution in [0.5, 0.6) is 0 Å². The van der Waals surface area contributed by atoms with E-state index in [2.05, 4.69) is 39.3 Å². The van der Waals surface area contributed by atoms with Crippen LogP contribution in [0, 0.1) is 11.6 Å². The number of hydrogen-bond donors (Lipinski definition) is 2. The van der Waals surface area contributed by atoms with E-state index in [4.69, 9.17) is 11.6 Å². The van der Waals surface area contributed by atoms with Crippen LogP contribution in [0.25, 0.3) is 0 Å². The minimum atomic E-state index is -0.878. The molecule has 156 valence electrons. The third-order valence-corrected chi connectivity index (χ3v) is 5.07. The largest absolute Gasteiger partial charge is 0.354 e. The van der Waals surface area contributed by atoms with Crippen molar-refractivity contribution in [1.82, 2.24) is 20.2 Å². The normalized spacial score (nSPS) is 13.4. The van der Waals surface area contributed by atoms with Crippen molar-refractivity contribution in [3.8, 4) is 0 Å². The highest BCUT2D eigenvalue weighted by Crippen LogP contribution is 2.36. The van der Waals surface area contributed by atoms with Gasteiger partial charge in [-0.15, -0.1) is 0 Å². The van der Waals surface area contributed by atoms with Crippen LogP contribution in [-0.4, -0.2) is 47.1 Å². The summed E-state index contributed by atoms with van der Waals surface area (Å²) >= 11 is 6.27. The monoisotopic (exact) mass is 424 g/mol. The number of nitrogens with zero attached hydrogens (tertiary/aromatic N) is 4. The maximum atomic E-state index is 14.3. The van der Waals surface area contributed by atoms with Crippen molar-refractivity contribution in [2.45, 2.75) is 26.8 Å². The van der Waals surface area contributed by atoms with Crippen molar-refractivity contribution < 1.29 is 13.6 Å². The number of hydrogen-bond acceptors (Lipinski definition) is 5. The Kier molecular flexibility index (Phi) is 6.81. The molecule has 0 unspecified atom stereocenters. The molecule has 0 saturated heterocycles. The fourth-order valence-electron chi connectivity index (χ4n) is 3.15. The second kappa shape index (κ2) is 9.32. The first-order valence-corrected chi connectivity index (χ1v) is 9.88. The molecule has 0 spiro atoms. The van der Waals surface area contributed by atoms with Gasteiger partial charge in [0.25, 0.3) is 0 Å². The first-order chi connectivity index (χ1) is 14.0. The maximum absolute atomic E-state index is 14.3. The summed E-state index contributed by atoms with van der Waals surface area (Å²) in [5, 5.41) is 5.73. The SMILES string of the molecule is CCN(CC)CCCNc1nc(Cl)c2c(n1)N(c1c(F)cccc1F)C(=O)NC2. The average Bonchev–Trinajstić information content (AvgIpc) is 2.69. The van der Waals surface area contributed by atoms with Crippen molar-refractivity contribution in [3.05, 3.63) is 40.6 Å². The lowest BCUT2D eigenvalue weighted by Crippen LogP contribution is -2.43. The Hall–Kier alpha value is -2.52. The highest BCUT2D eigenvalue weighted by molar-refractivity contribution is 6.31. The number of fused-ring (bicyclic) bond motifs is 1. The van der Waals surface area contributed by atoms with Gasteiger partial charge in [-0.25, -0.2) is 23.5 Å². The zero-order valence-corrected chi connectivity index (χ0v) is 17.1. The quantitative estimate of drug-likeness (QED) is 0.496. The van der Waals surface area contributed by atoms with Crippen molar-refractivity contribution >= 4 is 35.1 Å². The molecule has 2 heterocycles. The number of anilines is 3. The van der Waals surface area contributed by atoms with Gasteiger partial charge < -0.3 is 15.5 Å². The molecule has 7 nitrogen and oxygen atoms in total. The fraction of sp³-hybridized carbons (Fsp3) is 0.421. The number of urea groups is 1. The van der Waals surface area contributed by atoms with Crippen LogP contribution in [0.3, 0.4) is 0 Å². The molecule has 2 N–H and O–H groups in total. The molecule has 2 aromatic rings. The topological polar surface area (TPSA) is 73.4 Å². The lowest BCUT2D eigenvalue weighted by Gasteiger charge is -2.29. The minimum Gasteiger partial charge on any atom is -0.354 e. The molecule has 0 atom stereocenters. The average molecular weight is 425 g/mol. The molecule has 0 saturated carbocycles. The standard InChI is InChI=1S/C19H23ClF2N6O/c1-3-27(4-2)10-6-9-23-18-25-16(20)12-11-24-19(29)28(17(12)26-18)15-13(21)7-5-8-14(15)22/h5,7-8H,3-4,6,9-11H2,1-2H3,(H,24,29)(H,23,25,26). The summed E-state index contributed by atoms with van der Waals surface area (Å²) in [6.45, 7) is 7.71. The minimum absolute atomic E-state index is 0.0593. The Morgan fingerprint density at radius 2 is 1.93 bits per heavy atom. The van der Waals surface area contributed by atoms with E-state index in [0.29, 0.717) is 12.1 Å². The predicted molar refractivity (Wildman–Crippen MR) is 109 cm³/mol. The molecule has 1 aromatic carbocycles. The Labute approximate surface area is 173 Å². The number of halogens is 3. The number of amides is 2. The van der Waals surface area contributed by atoms with Gasteiger partial charge in [-0.1, -0.05) is 31.5 Å². The van der Waals surface area contributed by atoms with Gasteiger partial charge in [0.15, 0.2) is 5.82 Å². The van der Waals surface area contributed by atoms with E-state index in [0.717, 1.165) is 43.1 Å². The van der Waals surface area contributed by atoms with Crippen LogP contribution < -0.4 is 15.5 Å². The summed E-state index contributed by atoms with van der Waals surface area (Å²) < 4.78 is 28.7. The number of benzene rings is 1. The number of aromatic nitrogens is 2. The van der Waals surface area contributed by atoms with Crippen molar-refractivity contribution in [2.24, 2.45) is 0 Å². The smallest absolute Gasteiger partial charge is 0.328 e. The molecule has 0 radical (unpaired) electrons. The summed E-state index contributed by atoms with van der Waals surface area (Å²) in [5.74, 6) is -1.50. The molecule has 1 aliphatic rings. The summed E-state index contributed by atoms with van der Waals surface area (Å²) in [7, 11) is 0. The van der Waals surface area contributed by atoms with Crippen LogP contribution in [-0.2, 0) is 6.54 Å². The highest BCUT2D eigenvalue weighted by atomic mass is 35.5. The van der Waals surface area contributed by atoms with E-state index in [1.54, 1.807) is 0 Å². The Bertz CT molecular complexity index is 873. The number of carbonyl (C=O) groups is 1. The van der Waals surface area contributed by atoms with E-state index >= 15 is 0 Å². The van der Waals surface area contributed by atoms with Crippen LogP contribution in [0.2, 0.25) is 5.15 Å². The molecule has 3 rings (SSSR count). The van der Waals surface area contributed by atoms with E-state index in [1.165, 1.54) is 6.07 Å². The Balaban J connectivity index is 1.87. The van der Waals surface area contributed by atoms with Crippen molar-refractivity contribution in [3.63, 3.8) is 0 Å². The van der Waals surface area contributed by atoms with E-state index in [-0.39, 0.29) is 23.5 Å². The molecule has 1 aromatic heterocycles. The molecular formula is C19H23ClF2N6O. The zero-order valence-electron chi connectivity index (χ0n) is 16.3. The molecule has 10 heteroatoms. The fourth-order valence-corrected chi connectivity index (χ4v) is 3.38. The molecule has 0 fully saturated rings. The van der Waals surface area contributed by atoms with Crippen molar-refractivity contribution in [1.29, 1.82) is 0 Å². The highest BCUT2D eigenvalue weighted by Gasteiger charge is 2.33. The van der Waals surface area contributed by atoms with Gasteiger partial charge in [0.05, 0.1) is 12.1 Å². The van der Waals surface area contributed by atoms with E-state index in [9.17, 15) is 13.6 Å². The zero-order chi connectivity index (χ0) is 21.0. The van der Waals surface area contributed by atoms with Crippen molar-refractivity contribution in [2.75, 3.05) is 36.4 Å². The van der Waals surface area contributed by atoms with Gasteiger partial charge in [-0.2, -0.15) is 4.98 Å². The Morgan fingerprint density at radius 1 is 1.24 bits per heavy atom. The summed E-state index contributed by atoms with van der Waals surface area (Å²) in [6, 6.07) is 2.69. The number of nitrogens with one attached hydrogen (secondary N) is 2. The molecular weight excluding hydrogens is 402 g/mol. The second-order valence-electron chi connectivity index (χ2n) is 6.51. The van der Waals surface area contributed by atoms with Crippen LogP contribution in [0.4, 0.5) is 31.0 Å². The number of rotatable bonds is 8. The number of carbonyl (C=O) groups excluding carboxylic acids is 1.